The van der Waals surface area contributed by atoms with Crippen LogP contribution in [0.4, 0.5) is 0 Å². The molecule has 14 atom stereocenters. The Bertz CT molecular complexity index is 1180. The van der Waals surface area contributed by atoms with Gasteiger partial charge in [-0.05, 0) is 104 Å². The molecule has 4 aliphatic carbocycles. The molecule has 10 nitrogen and oxygen atoms in total. The van der Waals surface area contributed by atoms with Gasteiger partial charge >= 0.3 is 7.60 Å². The van der Waals surface area contributed by atoms with Crippen LogP contribution >= 0.6 is 7.60 Å². The van der Waals surface area contributed by atoms with Gasteiger partial charge in [-0.2, -0.15) is 0 Å². The Balaban J connectivity index is 1.15. The summed E-state index contributed by atoms with van der Waals surface area (Å²) in [6.07, 6.45) is 20.2. The van der Waals surface area contributed by atoms with E-state index >= 15 is 0 Å². The minimum atomic E-state index is -4.53. The van der Waals surface area contributed by atoms with Gasteiger partial charge in [0.25, 0.3) is 0 Å². The monoisotopic (exact) mass is 815 g/mol. The molecule has 0 saturated heterocycles. The second-order valence-electron chi connectivity index (χ2n) is 19.4. The summed E-state index contributed by atoms with van der Waals surface area (Å²) in [6, 6.07) is 0. The van der Waals surface area contributed by atoms with Crippen LogP contribution in [0.25, 0.3) is 0 Å². The van der Waals surface area contributed by atoms with E-state index in [2.05, 4.69) is 20.8 Å². The predicted octanol–water partition coefficient (Wildman–Crippen LogP) is 8.35. The van der Waals surface area contributed by atoms with Crippen LogP contribution in [0.1, 0.15) is 175 Å². The van der Waals surface area contributed by atoms with Gasteiger partial charge in [0.1, 0.15) is 12.4 Å². The number of carbonyl (C=O) groups is 1. The van der Waals surface area contributed by atoms with E-state index in [9.17, 15) is 39.6 Å². The quantitative estimate of drug-likeness (QED) is 0.0269. The lowest BCUT2D eigenvalue weighted by molar-refractivity contribution is -0.206. The molecular formula is C45H83O10P. The summed E-state index contributed by atoms with van der Waals surface area (Å²) in [7, 11) is -4.53. The summed E-state index contributed by atoms with van der Waals surface area (Å²) in [4.78, 5) is 32.3. The van der Waals surface area contributed by atoms with Crippen molar-refractivity contribution in [2.45, 2.75) is 212 Å². The number of carbonyl (C=O) groups excluding carboxylic acids is 1. The molecule has 6 N–H and O–H groups in total. The van der Waals surface area contributed by atoms with Gasteiger partial charge in [-0.1, -0.05) is 111 Å². The first kappa shape index (κ1) is 48.2. The van der Waals surface area contributed by atoms with Gasteiger partial charge in [0, 0.05) is 19.6 Å². The van der Waals surface area contributed by atoms with Gasteiger partial charge in [-0.15, -0.1) is 0 Å². The highest BCUT2D eigenvalue weighted by Gasteiger charge is 2.69. The zero-order valence-electron chi connectivity index (χ0n) is 35.7. The van der Waals surface area contributed by atoms with Crippen molar-refractivity contribution in [3.8, 4) is 0 Å². The highest BCUT2D eigenvalue weighted by atomic mass is 31.2. The van der Waals surface area contributed by atoms with E-state index in [1.54, 1.807) is 0 Å². The van der Waals surface area contributed by atoms with Crippen molar-refractivity contribution in [2.75, 3.05) is 19.8 Å². The normalized spacial score (nSPS) is 36.0. The number of aldehydes is 1. The van der Waals surface area contributed by atoms with E-state index in [-0.39, 0.29) is 55.0 Å². The minimum Gasteiger partial charge on any atom is -0.393 e. The predicted molar refractivity (Wildman–Crippen MR) is 221 cm³/mol. The molecule has 0 aromatic heterocycles. The molecule has 328 valence electrons. The Labute approximate surface area is 339 Å². The standard InChI is InChI=1S/C45H83O10P/c1-5-6-7-8-9-10-11-12-13-14-15-16-17-18-26-55-40(23-24-46)39(49)31-54-25-19-20-32(2)35-21-22-36-43-37(30-41(50)45(35,36)4)44(3)33(28-38(43)48)27-34(47)29-42(44)56(51,52)53/h24,32-43,47-50H,5-23,25-31H2,1-4H3,(H2,51,52,53)/t32-,33+,34+,35-,36+,37+,38-,39-,40+,41+,42?,43+,44+,45-/m1/s1. The zero-order valence-corrected chi connectivity index (χ0v) is 36.5. The number of fused-ring (bicyclic) bond motifs is 5. The van der Waals surface area contributed by atoms with Gasteiger partial charge in [-0.25, -0.2) is 0 Å². The molecule has 4 aliphatic rings. The Morgan fingerprint density at radius 1 is 0.768 bits per heavy atom. The molecule has 0 heterocycles. The number of ether oxygens (including phenoxy) is 2. The Morgan fingerprint density at radius 3 is 1.96 bits per heavy atom. The van der Waals surface area contributed by atoms with Crippen LogP contribution in [-0.2, 0) is 18.8 Å². The maximum absolute atomic E-state index is 12.9. The maximum atomic E-state index is 12.9. The number of hydrogen-bond donors (Lipinski definition) is 6. The number of rotatable bonds is 27. The van der Waals surface area contributed by atoms with Crippen LogP contribution < -0.4 is 0 Å². The third kappa shape index (κ3) is 12.1. The van der Waals surface area contributed by atoms with Crippen molar-refractivity contribution in [3.63, 3.8) is 0 Å². The lowest BCUT2D eigenvalue weighted by atomic mass is 9.43. The average Bonchev–Trinajstić information content (AvgIpc) is 3.51. The largest absolute Gasteiger partial charge is 0.393 e. The second-order valence-corrected chi connectivity index (χ2v) is 21.2. The van der Waals surface area contributed by atoms with E-state index in [4.69, 9.17) is 9.47 Å². The first-order valence-electron chi connectivity index (χ1n) is 23.1. The Morgan fingerprint density at radius 2 is 1.38 bits per heavy atom. The first-order chi connectivity index (χ1) is 26.7. The SMILES string of the molecule is CCCCCCCCCCCCCCCCO[C@@H](CC=O)[C@H](O)COCCC[C@@H](C)[C@H]1CC[C@H]2[C@@H]3[C@H](O)C[C@@H]4C[C@H](O)CC(P(=O)(O)O)[C@]4(C)[C@H]3C[C@H](O)[C@]12C. The zero-order chi connectivity index (χ0) is 40.9. The molecule has 4 rings (SSSR count). The van der Waals surface area contributed by atoms with Crippen LogP contribution in [0.15, 0.2) is 0 Å². The molecule has 0 aromatic carbocycles. The summed E-state index contributed by atoms with van der Waals surface area (Å²) < 4.78 is 24.7. The van der Waals surface area contributed by atoms with E-state index in [0.717, 1.165) is 44.8 Å². The van der Waals surface area contributed by atoms with Gasteiger partial charge < -0.3 is 44.5 Å². The van der Waals surface area contributed by atoms with Gasteiger partial charge in [-0.3, -0.25) is 4.57 Å². The molecule has 0 amide bonds. The van der Waals surface area contributed by atoms with Crippen molar-refractivity contribution in [1.82, 2.24) is 0 Å². The van der Waals surface area contributed by atoms with Crippen molar-refractivity contribution in [3.05, 3.63) is 0 Å². The summed E-state index contributed by atoms with van der Waals surface area (Å²) in [5.41, 5.74) is -2.17. The first-order valence-corrected chi connectivity index (χ1v) is 24.8. The van der Waals surface area contributed by atoms with Crippen LogP contribution in [-0.4, -0.2) is 92.5 Å². The molecular weight excluding hydrogens is 731 g/mol. The van der Waals surface area contributed by atoms with E-state index < -0.39 is 54.6 Å². The van der Waals surface area contributed by atoms with E-state index in [0.29, 0.717) is 32.5 Å². The molecule has 0 aliphatic heterocycles. The summed E-state index contributed by atoms with van der Waals surface area (Å²) >= 11 is 0. The molecule has 11 heteroatoms. The van der Waals surface area contributed by atoms with E-state index in [1.807, 2.05) is 6.92 Å². The third-order valence-corrected chi connectivity index (χ3v) is 17.4. The molecule has 1 unspecified atom stereocenters. The lowest BCUT2D eigenvalue weighted by Gasteiger charge is -2.65. The van der Waals surface area contributed by atoms with Gasteiger partial charge in [0.05, 0.1) is 36.7 Å². The van der Waals surface area contributed by atoms with E-state index in [1.165, 1.54) is 77.0 Å². The molecule has 0 radical (unpaired) electrons. The molecule has 0 aromatic rings. The molecule has 0 bridgehead atoms. The fraction of sp³-hybridized carbons (Fsp3) is 0.978. The molecule has 4 fully saturated rings. The van der Waals surface area contributed by atoms with Crippen molar-refractivity contribution < 1.29 is 49.0 Å². The lowest BCUT2D eigenvalue weighted by Crippen LogP contribution is -2.65. The topological polar surface area (TPSA) is 174 Å². The van der Waals surface area contributed by atoms with Gasteiger partial charge in [0.15, 0.2) is 0 Å². The minimum absolute atomic E-state index is 0.0476. The van der Waals surface area contributed by atoms with Crippen molar-refractivity contribution >= 4 is 13.9 Å². The summed E-state index contributed by atoms with van der Waals surface area (Å²) in [6.45, 7) is 9.76. The Kier molecular flexibility index (Phi) is 19.8. The molecule has 4 saturated carbocycles. The van der Waals surface area contributed by atoms with Crippen molar-refractivity contribution in [2.24, 2.45) is 46.3 Å². The highest BCUT2D eigenvalue weighted by molar-refractivity contribution is 7.52. The number of aliphatic hydroxyl groups excluding tert-OH is 4. The maximum Gasteiger partial charge on any atom is 0.329 e. The van der Waals surface area contributed by atoms with Crippen LogP contribution in [0, 0.1) is 46.3 Å². The smallest absolute Gasteiger partial charge is 0.329 e. The van der Waals surface area contributed by atoms with Crippen LogP contribution in [0.5, 0.6) is 0 Å². The number of aliphatic hydroxyl groups is 4. The molecule has 0 spiro atoms. The number of unbranched alkanes of at least 4 members (excludes halogenated alkanes) is 13. The highest BCUT2D eigenvalue weighted by Crippen LogP contribution is 2.71. The number of hydrogen-bond acceptors (Lipinski definition) is 8. The van der Waals surface area contributed by atoms with Crippen LogP contribution in [0.2, 0.25) is 0 Å². The van der Waals surface area contributed by atoms with Crippen LogP contribution in [0.3, 0.4) is 0 Å². The summed E-state index contributed by atoms with van der Waals surface area (Å²) in [5.74, 6) is -0.0103. The Hall–Kier alpha value is -0.420. The van der Waals surface area contributed by atoms with Crippen molar-refractivity contribution in [1.29, 1.82) is 0 Å². The third-order valence-electron chi connectivity index (χ3n) is 15.8. The fourth-order valence-electron chi connectivity index (χ4n) is 12.7. The average molecular weight is 815 g/mol. The van der Waals surface area contributed by atoms with Gasteiger partial charge in [0.2, 0.25) is 0 Å². The molecule has 56 heavy (non-hydrogen) atoms. The summed E-state index contributed by atoms with van der Waals surface area (Å²) in [5, 5.41) is 45.0. The second kappa shape index (κ2) is 23.0. The fourth-order valence-corrected chi connectivity index (χ4v) is 14.3.